The maximum atomic E-state index is 12.4. The topological polar surface area (TPSA) is 17.1 Å². The Balaban J connectivity index is 3.00. The molecule has 14 heavy (non-hydrogen) atoms. The third-order valence-corrected chi connectivity index (χ3v) is 2.47. The lowest BCUT2D eigenvalue weighted by molar-refractivity contribution is -0.116. The molecule has 0 aromatic heterocycles. The van der Waals surface area contributed by atoms with Gasteiger partial charge in [0.1, 0.15) is 5.78 Å². The second-order valence-electron chi connectivity index (χ2n) is 3.04. The Hall–Kier alpha value is -0.770. The van der Waals surface area contributed by atoms with Gasteiger partial charge in [0.2, 0.25) is 0 Å². The smallest absolute Gasteiger partial charge is 0.264 e. The number of hydrogen-bond acceptors (Lipinski definition) is 1. The third kappa shape index (κ3) is 2.87. The molecular weight excluding hydrogens is 254 g/mol. The molecule has 0 bridgehead atoms. The first-order valence-corrected chi connectivity index (χ1v) is 4.86. The van der Waals surface area contributed by atoms with Crippen LogP contribution in [0, 0.1) is 0 Å². The Morgan fingerprint density at radius 3 is 2.64 bits per heavy atom. The van der Waals surface area contributed by atoms with E-state index >= 15 is 0 Å². The molecule has 0 aliphatic rings. The molecule has 0 spiro atoms. The van der Waals surface area contributed by atoms with Crippen molar-refractivity contribution in [1.29, 1.82) is 0 Å². The van der Waals surface area contributed by atoms with Crippen molar-refractivity contribution in [2.45, 2.75) is 19.8 Å². The summed E-state index contributed by atoms with van der Waals surface area (Å²) in [5.41, 5.74) is 0.555. The van der Waals surface area contributed by atoms with Crippen molar-refractivity contribution < 1.29 is 13.6 Å². The van der Waals surface area contributed by atoms with Gasteiger partial charge in [-0.3, -0.25) is 4.79 Å². The quantitative estimate of drug-likeness (QED) is 0.815. The number of rotatable bonds is 3. The maximum Gasteiger partial charge on any atom is 0.264 e. The van der Waals surface area contributed by atoms with E-state index < -0.39 is 6.43 Å². The van der Waals surface area contributed by atoms with Gasteiger partial charge in [0, 0.05) is 16.5 Å². The van der Waals surface area contributed by atoms with Crippen molar-refractivity contribution >= 4 is 21.7 Å². The highest BCUT2D eigenvalue weighted by Crippen LogP contribution is 2.28. The normalized spacial score (nSPS) is 10.6. The summed E-state index contributed by atoms with van der Waals surface area (Å²) in [6.07, 6.45) is -2.32. The molecule has 0 saturated heterocycles. The zero-order valence-corrected chi connectivity index (χ0v) is 9.14. The summed E-state index contributed by atoms with van der Waals surface area (Å²) in [7, 11) is 0. The molecule has 4 heteroatoms. The van der Waals surface area contributed by atoms with E-state index in [1.165, 1.54) is 13.0 Å². The summed E-state index contributed by atoms with van der Waals surface area (Å²) in [4.78, 5) is 10.8. The lowest BCUT2D eigenvalue weighted by Gasteiger charge is -2.05. The zero-order chi connectivity index (χ0) is 10.7. The first-order chi connectivity index (χ1) is 6.50. The van der Waals surface area contributed by atoms with E-state index in [0.29, 0.717) is 10.0 Å². The van der Waals surface area contributed by atoms with Gasteiger partial charge >= 0.3 is 0 Å². The Morgan fingerprint density at radius 2 is 2.14 bits per heavy atom. The number of Topliss-reactive ketones (excluding diaryl/α,β-unsaturated/α-hetero) is 1. The summed E-state index contributed by atoms with van der Waals surface area (Å²) < 4.78 is 25.2. The highest BCUT2D eigenvalue weighted by atomic mass is 79.9. The van der Waals surface area contributed by atoms with Crippen LogP contribution in [0.15, 0.2) is 22.7 Å². The lowest BCUT2D eigenvalue weighted by Crippen LogP contribution is -1.98. The number of carbonyl (C=O) groups excluding carboxylic acids is 1. The number of halogens is 3. The molecule has 1 aromatic rings. The Kier molecular flexibility index (Phi) is 3.75. The van der Waals surface area contributed by atoms with E-state index in [4.69, 9.17) is 0 Å². The summed E-state index contributed by atoms with van der Waals surface area (Å²) in [6.45, 7) is 1.43. The van der Waals surface area contributed by atoms with Gasteiger partial charge in [0.05, 0.1) is 0 Å². The summed E-state index contributed by atoms with van der Waals surface area (Å²) in [5.74, 6) is -0.0347. The van der Waals surface area contributed by atoms with Crippen LogP contribution in [0.5, 0.6) is 0 Å². The first-order valence-electron chi connectivity index (χ1n) is 4.06. The van der Waals surface area contributed by atoms with E-state index in [0.717, 1.165) is 0 Å². The average Bonchev–Trinajstić information content (AvgIpc) is 2.07. The van der Waals surface area contributed by atoms with Crippen LogP contribution in [-0.2, 0) is 11.2 Å². The second-order valence-corrected chi connectivity index (χ2v) is 3.89. The molecule has 0 N–H and O–H groups in total. The standard InChI is InChI=1S/C10H9BrF2O/c1-6(14)4-7-2-3-9(11)8(5-7)10(12)13/h2-3,5,10H,4H2,1H3. The SMILES string of the molecule is CC(=O)Cc1ccc(Br)c(C(F)F)c1. The van der Waals surface area contributed by atoms with Crippen molar-refractivity contribution in [2.75, 3.05) is 0 Å². The molecule has 0 fully saturated rings. The number of carbonyl (C=O) groups is 1. The maximum absolute atomic E-state index is 12.4. The van der Waals surface area contributed by atoms with Crippen molar-refractivity contribution in [3.8, 4) is 0 Å². The minimum Gasteiger partial charge on any atom is -0.300 e. The molecule has 0 atom stereocenters. The van der Waals surface area contributed by atoms with E-state index in [1.54, 1.807) is 12.1 Å². The molecule has 0 aliphatic carbocycles. The highest BCUT2D eigenvalue weighted by Gasteiger charge is 2.12. The molecule has 0 heterocycles. The number of benzene rings is 1. The number of ketones is 1. The van der Waals surface area contributed by atoms with Crippen molar-refractivity contribution in [3.05, 3.63) is 33.8 Å². The van der Waals surface area contributed by atoms with E-state index in [-0.39, 0.29) is 17.8 Å². The minimum atomic E-state index is -2.52. The van der Waals surface area contributed by atoms with Crippen LogP contribution in [0.25, 0.3) is 0 Å². The van der Waals surface area contributed by atoms with Gasteiger partial charge in [-0.05, 0) is 24.6 Å². The molecular formula is C10H9BrF2O. The van der Waals surface area contributed by atoms with Crippen LogP contribution in [-0.4, -0.2) is 5.78 Å². The van der Waals surface area contributed by atoms with Crippen molar-refractivity contribution in [2.24, 2.45) is 0 Å². The Bertz CT molecular complexity index is 350. The molecule has 0 aliphatic heterocycles. The lowest BCUT2D eigenvalue weighted by atomic mass is 10.1. The molecule has 1 nitrogen and oxygen atoms in total. The van der Waals surface area contributed by atoms with E-state index in [9.17, 15) is 13.6 Å². The van der Waals surface area contributed by atoms with Gasteiger partial charge in [-0.1, -0.05) is 22.0 Å². The van der Waals surface area contributed by atoms with Gasteiger partial charge in [0.25, 0.3) is 6.43 Å². The zero-order valence-electron chi connectivity index (χ0n) is 7.56. The van der Waals surface area contributed by atoms with Crippen molar-refractivity contribution in [1.82, 2.24) is 0 Å². The molecule has 1 aromatic carbocycles. The van der Waals surface area contributed by atoms with E-state index in [1.807, 2.05) is 0 Å². The average molecular weight is 263 g/mol. The summed E-state index contributed by atoms with van der Waals surface area (Å²) >= 11 is 3.03. The molecule has 1 rings (SSSR count). The fourth-order valence-electron chi connectivity index (χ4n) is 1.16. The van der Waals surface area contributed by atoms with Gasteiger partial charge in [0.15, 0.2) is 0 Å². The van der Waals surface area contributed by atoms with E-state index in [2.05, 4.69) is 15.9 Å². The molecule has 0 saturated carbocycles. The predicted molar refractivity (Wildman–Crippen MR) is 53.5 cm³/mol. The number of hydrogen-bond donors (Lipinski definition) is 0. The fourth-order valence-corrected chi connectivity index (χ4v) is 1.58. The third-order valence-electron chi connectivity index (χ3n) is 1.75. The van der Waals surface area contributed by atoms with Crippen LogP contribution in [0.4, 0.5) is 8.78 Å². The van der Waals surface area contributed by atoms with Crippen LogP contribution in [0.2, 0.25) is 0 Å². The van der Waals surface area contributed by atoms with Crippen LogP contribution >= 0.6 is 15.9 Å². The predicted octanol–water partition coefficient (Wildman–Crippen LogP) is 3.52. The van der Waals surface area contributed by atoms with Gasteiger partial charge in [-0.25, -0.2) is 8.78 Å². The molecule has 0 unspecified atom stereocenters. The first kappa shape index (κ1) is 11.3. The molecule has 76 valence electrons. The Morgan fingerprint density at radius 1 is 1.50 bits per heavy atom. The van der Waals surface area contributed by atoms with Crippen LogP contribution in [0.3, 0.4) is 0 Å². The van der Waals surface area contributed by atoms with Crippen molar-refractivity contribution in [3.63, 3.8) is 0 Å². The summed E-state index contributed by atoms with van der Waals surface area (Å²) in [5, 5.41) is 0. The van der Waals surface area contributed by atoms with Crippen LogP contribution in [0.1, 0.15) is 24.5 Å². The highest BCUT2D eigenvalue weighted by molar-refractivity contribution is 9.10. The monoisotopic (exact) mass is 262 g/mol. The molecule has 0 radical (unpaired) electrons. The minimum absolute atomic E-state index is 0.0347. The molecule has 0 amide bonds. The number of alkyl halides is 2. The van der Waals surface area contributed by atoms with Gasteiger partial charge < -0.3 is 0 Å². The van der Waals surface area contributed by atoms with Crippen LogP contribution < -0.4 is 0 Å². The van der Waals surface area contributed by atoms with Gasteiger partial charge in [-0.15, -0.1) is 0 Å². The fraction of sp³-hybridized carbons (Fsp3) is 0.300. The summed E-state index contributed by atoms with van der Waals surface area (Å²) in [6, 6.07) is 4.56. The Labute approximate surface area is 89.3 Å². The second kappa shape index (κ2) is 4.64. The van der Waals surface area contributed by atoms with Gasteiger partial charge in [-0.2, -0.15) is 0 Å². The largest absolute Gasteiger partial charge is 0.300 e.